The van der Waals surface area contributed by atoms with Crippen molar-refractivity contribution in [3.8, 4) is 17.4 Å². The Kier molecular flexibility index (Phi) is 6.29. The smallest absolute Gasteiger partial charge is 0.223 e. The highest BCUT2D eigenvalue weighted by Crippen LogP contribution is 2.32. The van der Waals surface area contributed by atoms with Gasteiger partial charge >= 0.3 is 0 Å². The first kappa shape index (κ1) is 19.2. The maximum Gasteiger partial charge on any atom is 0.223 e. The van der Waals surface area contributed by atoms with Crippen LogP contribution in [0.3, 0.4) is 0 Å². The van der Waals surface area contributed by atoms with E-state index in [9.17, 15) is 4.39 Å². The second-order valence-corrected chi connectivity index (χ2v) is 7.18. The van der Waals surface area contributed by atoms with Crippen molar-refractivity contribution in [1.82, 2.24) is 9.97 Å². The van der Waals surface area contributed by atoms with Crippen molar-refractivity contribution >= 4 is 11.8 Å². The first-order valence-electron chi connectivity index (χ1n) is 8.62. The van der Waals surface area contributed by atoms with E-state index in [1.807, 2.05) is 30.3 Å². The molecule has 3 rings (SSSR count). The van der Waals surface area contributed by atoms with Crippen LogP contribution in [0.1, 0.15) is 31.0 Å². The summed E-state index contributed by atoms with van der Waals surface area (Å²) in [6.45, 7) is 4.15. The molecule has 1 heterocycles. The average molecular weight is 384 g/mol. The van der Waals surface area contributed by atoms with Gasteiger partial charge in [-0.2, -0.15) is 4.98 Å². The summed E-state index contributed by atoms with van der Waals surface area (Å²) in [4.78, 5) is 9.14. The van der Waals surface area contributed by atoms with Gasteiger partial charge in [-0.25, -0.2) is 9.37 Å². The number of ether oxygens (including phenoxy) is 2. The summed E-state index contributed by atoms with van der Waals surface area (Å²) < 4.78 is 24.4. The molecule has 0 fully saturated rings. The Labute approximate surface area is 162 Å². The van der Waals surface area contributed by atoms with Crippen molar-refractivity contribution in [2.45, 2.75) is 30.7 Å². The van der Waals surface area contributed by atoms with Crippen LogP contribution >= 0.6 is 11.8 Å². The van der Waals surface area contributed by atoms with Gasteiger partial charge < -0.3 is 9.47 Å². The van der Waals surface area contributed by atoms with Crippen LogP contribution in [0.15, 0.2) is 59.8 Å². The molecule has 0 spiro atoms. The Morgan fingerprint density at radius 3 is 2.37 bits per heavy atom. The van der Waals surface area contributed by atoms with Crippen LogP contribution in [0.2, 0.25) is 0 Å². The normalized spacial score (nSPS) is 10.9. The maximum absolute atomic E-state index is 13.1. The molecule has 3 aromatic rings. The van der Waals surface area contributed by atoms with Gasteiger partial charge in [-0.15, -0.1) is 0 Å². The lowest BCUT2D eigenvalue weighted by molar-refractivity contribution is 0.372. The minimum atomic E-state index is -0.241. The summed E-state index contributed by atoms with van der Waals surface area (Å²) in [5, 5.41) is 0.621. The summed E-state index contributed by atoms with van der Waals surface area (Å²) >= 11 is 1.49. The van der Waals surface area contributed by atoms with E-state index in [0.717, 1.165) is 11.3 Å². The van der Waals surface area contributed by atoms with Gasteiger partial charge in [0.25, 0.3) is 0 Å². The molecule has 2 aromatic carbocycles. The van der Waals surface area contributed by atoms with Crippen molar-refractivity contribution < 1.29 is 13.9 Å². The summed E-state index contributed by atoms with van der Waals surface area (Å²) in [6.07, 6.45) is 0. The summed E-state index contributed by atoms with van der Waals surface area (Å²) in [5.41, 5.74) is 1.91. The van der Waals surface area contributed by atoms with E-state index in [0.29, 0.717) is 28.3 Å². The number of nitrogens with zero attached hydrogens (tertiary/aromatic N) is 2. The fourth-order valence-electron chi connectivity index (χ4n) is 2.38. The van der Waals surface area contributed by atoms with Crippen molar-refractivity contribution in [2.75, 3.05) is 7.11 Å². The molecule has 0 N–H and O–H groups in total. The van der Waals surface area contributed by atoms with Gasteiger partial charge in [0.15, 0.2) is 16.7 Å². The van der Waals surface area contributed by atoms with E-state index in [-0.39, 0.29) is 11.7 Å². The summed E-state index contributed by atoms with van der Waals surface area (Å²) in [6, 6.07) is 15.7. The van der Waals surface area contributed by atoms with Gasteiger partial charge in [-0.3, -0.25) is 0 Å². The van der Waals surface area contributed by atoms with Crippen molar-refractivity contribution in [2.24, 2.45) is 0 Å². The molecule has 140 valence electrons. The van der Waals surface area contributed by atoms with Crippen LogP contribution in [-0.4, -0.2) is 17.1 Å². The largest absolute Gasteiger partial charge is 0.493 e. The zero-order chi connectivity index (χ0) is 19.2. The standard InChI is InChI=1S/C21H21FN2O2S/c1-14(2)17-12-20(26-19-7-5-4-6-18(19)25-3)24-21(23-17)27-13-15-8-10-16(22)11-9-15/h4-12,14H,13H2,1-3H3. The predicted molar refractivity (Wildman–Crippen MR) is 105 cm³/mol. The lowest BCUT2D eigenvalue weighted by atomic mass is 10.1. The maximum atomic E-state index is 13.1. The van der Waals surface area contributed by atoms with Gasteiger partial charge in [0.05, 0.1) is 12.8 Å². The first-order valence-corrected chi connectivity index (χ1v) is 9.61. The zero-order valence-electron chi connectivity index (χ0n) is 15.5. The van der Waals surface area contributed by atoms with E-state index in [1.165, 1.54) is 23.9 Å². The number of thioether (sulfide) groups is 1. The molecule has 27 heavy (non-hydrogen) atoms. The molecule has 6 heteroatoms. The Morgan fingerprint density at radius 1 is 1.00 bits per heavy atom. The van der Waals surface area contributed by atoms with Crippen LogP contribution in [0, 0.1) is 5.82 Å². The Bertz CT molecular complexity index is 901. The number of halogens is 1. The molecule has 0 unspecified atom stereocenters. The molecule has 0 bridgehead atoms. The molecule has 0 saturated heterocycles. The average Bonchev–Trinajstić information content (AvgIpc) is 2.68. The third-order valence-electron chi connectivity index (χ3n) is 3.86. The van der Waals surface area contributed by atoms with E-state index in [4.69, 9.17) is 9.47 Å². The highest BCUT2D eigenvalue weighted by atomic mass is 32.2. The minimum Gasteiger partial charge on any atom is -0.493 e. The molecule has 0 amide bonds. The van der Waals surface area contributed by atoms with Gasteiger partial charge in [0.2, 0.25) is 5.88 Å². The monoisotopic (exact) mass is 384 g/mol. The zero-order valence-corrected chi connectivity index (χ0v) is 16.3. The van der Waals surface area contributed by atoms with Gasteiger partial charge in [-0.05, 0) is 35.7 Å². The highest BCUT2D eigenvalue weighted by molar-refractivity contribution is 7.98. The number of methoxy groups -OCH3 is 1. The molecule has 0 aliphatic heterocycles. The fourth-order valence-corrected chi connectivity index (χ4v) is 3.19. The van der Waals surface area contributed by atoms with Gasteiger partial charge in [0.1, 0.15) is 5.82 Å². The SMILES string of the molecule is COc1ccccc1Oc1cc(C(C)C)nc(SCc2ccc(F)cc2)n1. The molecular formula is C21H21FN2O2S. The van der Waals surface area contributed by atoms with E-state index >= 15 is 0 Å². The molecular weight excluding hydrogens is 363 g/mol. The van der Waals surface area contributed by atoms with Crippen molar-refractivity contribution in [1.29, 1.82) is 0 Å². The molecule has 0 aliphatic rings. The number of hydrogen-bond donors (Lipinski definition) is 0. The highest BCUT2D eigenvalue weighted by Gasteiger charge is 2.12. The van der Waals surface area contributed by atoms with Crippen LogP contribution in [0.5, 0.6) is 17.4 Å². The molecule has 0 radical (unpaired) electrons. The molecule has 1 aromatic heterocycles. The number of para-hydroxylation sites is 2. The summed E-state index contributed by atoms with van der Waals surface area (Å²) in [7, 11) is 1.60. The summed E-state index contributed by atoms with van der Waals surface area (Å²) in [5.74, 6) is 2.36. The third-order valence-corrected chi connectivity index (χ3v) is 4.78. The Balaban J connectivity index is 1.82. The van der Waals surface area contributed by atoms with Crippen molar-refractivity contribution in [3.63, 3.8) is 0 Å². The molecule has 4 nitrogen and oxygen atoms in total. The first-order chi connectivity index (χ1) is 13.0. The van der Waals surface area contributed by atoms with Crippen LogP contribution < -0.4 is 9.47 Å². The van der Waals surface area contributed by atoms with E-state index in [1.54, 1.807) is 19.2 Å². The number of benzene rings is 2. The van der Waals surface area contributed by atoms with Crippen molar-refractivity contribution in [3.05, 3.63) is 71.7 Å². The lowest BCUT2D eigenvalue weighted by Gasteiger charge is -2.12. The molecule has 0 aliphatic carbocycles. The van der Waals surface area contributed by atoms with E-state index < -0.39 is 0 Å². The Hall–Kier alpha value is -2.60. The Morgan fingerprint density at radius 2 is 1.70 bits per heavy atom. The number of aromatic nitrogens is 2. The second-order valence-electron chi connectivity index (χ2n) is 6.24. The number of rotatable bonds is 7. The van der Waals surface area contributed by atoms with E-state index in [2.05, 4.69) is 23.8 Å². The van der Waals surface area contributed by atoms with Crippen LogP contribution in [0.4, 0.5) is 4.39 Å². The quantitative estimate of drug-likeness (QED) is 0.379. The van der Waals surface area contributed by atoms with Crippen LogP contribution in [0.25, 0.3) is 0 Å². The minimum absolute atomic E-state index is 0.234. The number of hydrogen-bond acceptors (Lipinski definition) is 5. The molecule has 0 saturated carbocycles. The topological polar surface area (TPSA) is 44.2 Å². The van der Waals surface area contributed by atoms with Gasteiger partial charge in [0, 0.05) is 11.8 Å². The lowest BCUT2D eigenvalue weighted by Crippen LogP contribution is -2.00. The third kappa shape index (κ3) is 5.20. The molecule has 0 atom stereocenters. The van der Waals surface area contributed by atoms with Gasteiger partial charge in [-0.1, -0.05) is 49.9 Å². The fraction of sp³-hybridized carbons (Fsp3) is 0.238. The van der Waals surface area contributed by atoms with Crippen LogP contribution in [-0.2, 0) is 5.75 Å². The second kappa shape index (κ2) is 8.86. The predicted octanol–water partition coefficient (Wildman–Crippen LogP) is 5.83.